The van der Waals surface area contributed by atoms with Crippen LogP contribution in [0, 0.1) is 6.92 Å². The summed E-state index contributed by atoms with van der Waals surface area (Å²) in [4.78, 5) is 6.98. The third kappa shape index (κ3) is 2.81. The molecule has 2 N–H and O–H groups in total. The molecule has 0 saturated carbocycles. The fourth-order valence-electron chi connectivity index (χ4n) is 2.31. The van der Waals surface area contributed by atoms with Crippen LogP contribution in [0.1, 0.15) is 29.5 Å². The number of aromatic nitrogens is 1. The maximum absolute atomic E-state index is 13.4. The van der Waals surface area contributed by atoms with Gasteiger partial charge in [0.05, 0.1) is 23.8 Å². The summed E-state index contributed by atoms with van der Waals surface area (Å²) in [7, 11) is 0. The zero-order valence-corrected chi connectivity index (χ0v) is 10.6. The summed E-state index contributed by atoms with van der Waals surface area (Å²) in [6.45, 7) is 2.76. The first-order valence-electron chi connectivity index (χ1n) is 5.75. The molecule has 17 heavy (non-hydrogen) atoms. The number of halogens is 2. The van der Waals surface area contributed by atoms with Gasteiger partial charge < -0.3 is 5.73 Å². The van der Waals surface area contributed by atoms with E-state index in [4.69, 9.17) is 5.73 Å². The van der Waals surface area contributed by atoms with Crippen molar-refractivity contribution in [2.45, 2.75) is 31.7 Å². The van der Waals surface area contributed by atoms with Gasteiger partial charge in [0.2, 0.25) is 0 Å². The van der Waals surface area contributed by atoms with Crippen LogP contribution in [0.3, 0.4) is 0 Å². The van der Waals surface area contributed by atoms with Gasteiger partial charge in [-0.05, 0) is 19.9 Å². The number of nitrogens with zero attached hydrogens (tertiary/aromatic N) is 2. The van der Waals surface area contributed by atoms with Crippen molar-refractivity contribution < 1.29 is 8.78 Å². The van der Waals surface area contributed by atoms with Crippen LogP contribution in [0.15, 0.2) is 5.51 Å². The Balaban J connectivity index is 2.16. The molecule has 1 aliphatic heterocycles. The molecule has 0 radical (unpaired) electrons. The van der Waals surface area contributed by atoms with E-state index in [-0.39, 0.29) is 19.0 Å². The second-order valence-corrected chi connectivity index (χ2v) is 5.37. The van der Waals surface area contributed by atoms with Crippen molar-refractivity contribution in [3.8, 4) is 0 Å². The van der Waals surface area contributed by atoms with Crippen LogP contribution in [-0.4, -0.2) is 35.4 Å². The largest absolute Gasteiger partial charge is 0.329 e. The molecule has 1 aromatic heterocycles. The monoisotopic (exact) mass is 261 g/mol. The summed E-state index contributed by atoms with van der Waals surface area (Å²) in [6.07, 6.45) is 0.518. The minimum atomic E-state index is -2.58. The molecule has 6 heteroatoms. The number of aryl methyl sites for hydroxylation is 1. The lowest BCUT2D eigenvalue weighted by Crippen LogP contribution is -2.46. The summed E-state index contributed by atoms with van der Waals surface area (Å²) in [5.74, 6) is -2.58. The molecule has 2 heterocycles. The van der Waals surface area contributed by atoms with Crippen LogP contribution in [0.2, 0.25) is 0 Å². The maximum Gasteiger partial charge on any atom is 0.260 e. The predicted molar refractivity (Wildman–Crippen MR) is 64.4 cm³/mol. The van der Waals surface area contributed by atoms with Gasteiger partial charge in [0.1, 0.15) is 0 Å². The molecule has 0 spiro atoms. The van der Waals surface area contributed by atoms with Crippen LogP contribution in [0.25, 0.3) is 0 Å². The van der Waals surface area contributed by atoms with E-state index in [1.54, 1.807) is 10.4 Å². The highest BCUT2D eigenvalue weighted by Gasteiger charge is 2.38. The van der Waals surface area contributed by atoms with Crippen LogP contribution in [0.5, 0.6) is 0 Å². The van der Waals surface area contributed by atoms with Gasteiger partial charge in [-0.2, -0.15) is 0 Å². The van der Waals surface area contributed by atoms with E-state index in [0.717, 1.165) is 10.6 Å². The smallest absolute Gasteiger partial charge is 0.260 e. The predicted octanol–water partition coefficient (Wildman–Crippen LogP) is 2.18. The first kappa shape index (κ1) is 12.9. The summed E-state index contributed by atoms with van der Waals surface area (Å²) >= 11 is 1.50. The average Bonchev–Trinajstić information content (AvgIpc) is 2.65. The highest BCUT2D eigenvalue weighted by atomic mass is 32.1. The van der Waals surface area contributed by atoms with Crippen LogP contribution < -0.4 is 5.73 Å². The van der Waals surface area contributed by atoms with Crippen molar-refractivity contribution in [3.05, 3.63) is 16.1 Å². The molecule has 0 aromatic carbocycles. The van der Waals surface area contributed by atoms with Crippen molar-refractivity contribution in [1.82, 2.24) is 9.88 Å². The topological polar surface area (TPSA) is 42.1 Å². The molecule has 1 unspecified atom stereocenters. The van der Waals surface area contributed by atoms with Gasteiger partial charge in [-0.15, -0.1) is 11.3 Å². The highest BCUT2D eigenvalue weighted by Crippen LogP contribution is 2.33. The Labute approximate surface area is 104 Å². The molecule has 0 amide bonds. The van der Waals surface area contributed by atoms with Crippen molar-refractivity contribution >= 4 is 11.3 Å². The number of thiazole rings is 1. The number of likely N-dealkylation sites (tertiary alicyclic amines) is 1. The van der Waals surface area contributed by atoms with Crippen LogP contribution in [0.4, 0.5) is 8.78 Å². The molecule has 1 aromatic rings. The third-order valence-corrected chi connectivity index (χ3v) is 4.20. The lowest BCUT2D eigenvalue weighted by molar-refractivity contribution is -0.0743. The lowest BCUT2D eigenvalue weighted by Gasteiger charge is -2.37. The maximum atomic E-state index is 13.4. The number of hydrogen-bond acceptors (Lipinski definition) is 4. The Morgan fingerprint density at radius 1 is 1.65 bits per heavy atom. The van der Waals surface area contributed by atoms with Crippen molar-refractivity contribution in [2.75, 3.05) is 19.6 Å². The fourth-order valence-corrected chi connectivity index (χ4v) is 3.26. The Morgan fingerprint density at radius 2 is 2.41 bits per heavy atom. The van der Waals surface area contributed by atoms with E-state index in [0.29, 0.717) is 19.5 Å². The van der Waals surface area contributed by atoms with E-state index in [1.807, 2.05) is 6.92 Å². The minimum absolute atomic E-state index is 0.0114. The normalized spacial score (nSPS) is 22.6. The molecule has 1 atom stereocenters. The second kappa shape index (κ2) is 4.96. The fraction of sp³-hybridized carbons (Fsp3) is 0.727. The minimum Gasteiger partial charge on any atom is -0.329 e. The van der Waals surface area contributed by atoms with E-state index in [2.05, 4.69) is 4.98 Å². The van der Waals surface area contributed by atoms with E-state index < -0.39 is 5.92 Å². The molecule has 0 aliphatic carbocycles. The standard InChI is InChI=1S/C11H17F2N3S/c1-8-10(17-7-15-8)9(5-14)16-4-2-3-11(12,13)6-16/h7,9H,2-6,14H2,1H3. The third-order valence-electron chi connectivity index (χ3n) is 3.17. The van der Waals surface area contributed by atoms with Gasteiger partial charge in [-0.25, -0.2) is 13.8 Å². The molecule has 3 nitrogen and oxygen atoms in total. The molecular weight excluding hydrogens is 244 g/mol. The van der Waals surface area contributed by atoms with Gasteiger partial charge >= 0.3 is 0 Å². The van der Waals surface area contributed by atoms with Gasteiger partial charge in [0.25, 0.3) is 5.92 Å². The number of hydrogen-bond donors (Lipinski definition) is 1. The highest BCUT2D eigenvalue weighted by molar-refractivity contribution is 7.09. The van der Waals surface area contributed by atoms with Crippen LogP contribution in [-0.2, 0) is 0 Å². The zero-order chi connectivity index (χ0) is 12.5. The summed E-state index contributed by atoms with van der Waals surface area (Å²) in [5.41, 5.74) is 8.39. The van der Waals surface area contributed by atoms with Gasteiger partial charge in [-0.1, -0.05) is 0 Å². The van der Waals surface area contributed by atoms with Gasteiger partial charge in [0.15, 0.2) is 0 Å². The summed E-state index contributed by atoms with van der Waals surface area (Å²) < 4.78 is 26.8. The Hall–Kier alpha value is -0.590. The number of nitrogens with two attached hydrogens (primary N) is 1. The van der Waals surface area contributed by atoms with Crippen LogP contribution >= 0.6 is 11.3 Å². The van der Waals surface area contributed by atoms with Gasteiger partial charge in [0, 0.05) is 17.8 Å². The van der Waals surface area contributed by atoms with Crippen molar-refractivity contribution in [3.63, 3.8) is 0 Å². The molecule has 0 bridgehead atoms. The molecule has 1 saturated heterocycles. The first-order chi connectivity index (χ1) is 8.03. The number of piperidine rings is 1. The van der Waals surface area contributed by atoms with Gasteiger partial charge in [-0.3, -0.25) is 4.90 Å². The molecule has 1 fully saturated rings. The number of rotatable bonds is 3. The van der Waals surface area contributed by atoms with Crippen molar-refractivity contribution in [1.29, 1.82) is 0 Å². The lowest BCUT2D eigenvalue weighted by atomic mass is 10.0. The zero-order valence-electron chi connectivity index (χ0n) is 9.83. The summed E-state index contributed by atoms with van der Waals surface area (Å²) in [6, 6.07) is -0.117. The summed E-state index contributed by atoms with van der Waals surface area (Å²) in [5, 5.41) is 0. The van der Waals surface area contributed by atoms with Crippen molar-refractivity contribution in [2.24, 2.45) is 5.73 Å². The SMILES string of the molecule is Cc1ncsc1C(CN)N1CCCC(F)(F)C1. The molecule has 1 aliphatic rings. The first-order valence-corrected chi connectivity index (χ1v) is 6.63. The Kier molecular flexibility index (Phi) is 3.75. The molecular formula is C11H17F2N3S. The molecule has 96 valence electrons. The Morgan fingerprint density at radius 3 is 2.94 bits per heavy atom. The Bertz CT molecular complexity index is 381. The van der Waals surface area contributed by atoms with E-state index >= 15 is 0 Å². The average molecular weight is 261 g/mol. The van der Waals surface area contributed by atoms with E-state index in [1.165, 1.54) is 11.3 Å². The second-order valence-electron chi connectivity index (χ2n) is 4.48. The quantitative estimate of drug-likeness (QED) is 0.907. The molecule has 2 rings (SSSR count). The van der Waals surface area contributed by atoms with E-state index in [9.17, 15) is 8.78 Å². The number of alkyl halides is 2.